The quantitative estimate of drug-likeness (QED) is 0.133. The third-order valence-electron chi connectivity index (χ3n) is 10.8. The molecule has 4 nitrogen and oxygen atoms in total. The molecular weight excluding hydrogens is 669 g/mol. The van der Waals surface area contributed by atoms with Gasteiger partial charge < -0.3 is 4.57 Å². The van der Waals surface area contributed by atoms with E-state index in [9.17, 15) is 0 Å². The van der Waals surface area contributed by atoms with Crippen molar-refractivity contribution in [2.24, 2.45) is 0 Å². The molecule has 0 aliphatic heterocycles. The van der Waals surface area contributed by atoms with Crippen LogP contribution in [0.15, 0.2) is 194 Å². The predicted molar refractivity (Wildman–Crippen MR) is 228 cm³/mol. The lowest BCUT2D eigenvalue weighted by molar-refractivity contribution is 1.07. The monoisotopic (exact) mass is 700 g/mol. The zero-order valence-electron chi connectivity index (χ0n) is 29.8. The van der Waals surface area contributed by atoms with Gasteiger partial charge in [0, 0.05) is 27.5 Å². The molecule has 11 rings (SSSR count). The summed E-state index contributed by atoms with van der Waals surface area (Å²) in [5, 5.41) is 9.34. The molecular formula is C51H32N4. The number of benzene rings is 9. The normalized spacial score (nSPS) is 11.6. The van der Waals surface area contributed by atoms with E-state index >= 15 is 0 Å². The Kier molecular flexibility index (Phi) is 7.14. The molecule has 11 aromatic rings. The Labute approximate surface area is 317 Å². The van der Waals surface area contributed by atoms with Crippen LogP contribution in [0.1, 0.15) is 0 Å². The van der Waals surface area contributed by atoms with Gasteiger partial charge in [0.15, 0.2) is 17.5 Å². The molecule has 0 spiro atoms. The summed E-state index contributed by atoms with van der Waals surface area (Å²) in [4.78, 5) is 16.1. The first-order valence-corrected chi connectivity index (χ1v) is 18.6. The number of hydrogen-bond acceptors (Lipinski definition) is 3. The third kappa shape index (κ3) is 5.11. The maximum absolute atomic E-state index is 5.44. The Morgan fingerprint density at radius 2 is 0.855 bits per heavy atom. The van der Waals surface area contributed by atoms with Crippen LogP contribution in [-0.2, 0) is 0 Å². The highest BCUT2D eigenvalue weighted by molar-refractivity contribution is 6.19. The molecule has 0 saturated carbocycles. The van der Waals surface area contributed by atoms with Crippen LogP contribution in [-0.4, -0.2) is 19.5 Å². The van der Waals surface area contributed by atoms with Gasteiger partial charge in [-0.2, -0.15) is 0 Å². The second-order valence-electron chi connectivity index (χ2n) is 14.0. The van der Waals surface area contributed by atoms with E-state index in [1.54, 1.807) is 0 Å². The summed E-state index contributed by atoms with van der Waals surface area (Å²) >= 11 is 0. The van der Waals surface area contributed by atoms with E-state index in [-0.39, 0.29) is 0 Å². The fraction of sp³-hybridized carbons (Fsp3) is 0. The predicted octanol–water partition coefficient (Wildman–Crippen LogP) is 13.1. The molecule has 9 aromatic carbocycles. The fourth-order valence-corrected chi connectivity index (χ4v) is 8.28. The van der Waals surface area contributed by atoms with E-state index in [0.29, 0.717) is 17.5 Å². The summed E-state index contributed by atoms with van der Waals surface area (Å²) in [6.07, 6.45) is 0. The van der Waals surface area contributed by atoms with Crippen LogP contribution in [0.2, 0.25) is 0 Å². The molecule has 0 fully saturated rings. The van der Waals surface area contributed by atoms with Gasteiger partial charge in [0.1, 0.15) is 0 Å². The average Bonchev–Trinajstić information content (AvgIpc) is 3.60. The van der Waals surface area contributed by atoms with Crippen molar-refractivity contribution in [3.8, 4) is 51.0 Å². The van der Waals surface area contributed by atoms with Crippen molar-refractivity contribution in [1.82, 2.24) is 19.5 Å². The van der Waals surface area contributed by atoms with Gasteiger partial charge in [-0.05, 0) is 73.8 Å². The highest BCUT2D eigenvalue weighted by Crippen LogP contribution is 2.40. The summed E-state index contributed by atoms with van der Waals surface area (Å²) in [6.45, 7) is 0. The molecule has 0 N–H and O–H groups in total. The highest BCUT2D eigenvalue weighted by atomic mass is 15.1. The van der Waals surface area contributed by atoms with Crippen LogP contribution in [0.4, 0.5) is 0 Å². The van der Waals surface area contributed by atoms with Gasteiger partial charge in [-0.3, -0.25) is 0 Å². The lowest BCUT2D eigenvalue weighted by atomic mass is 9.93. The topological polar surface area (TPSA) is 43.6 Å². The van der Waals surface area contributed by atoms with Crippen molar-refractivity contribution in [2.75, 3.05) is 0 Å². The number of aromatic nitrogens is 4. The lowest BCUT2D eigenvalue weighted by Gasteiger charge is -2.16. The first kappa shape index (κ1) is 31.1. The van der Waals surface area contributed by atoms with Gasteiger partial charge in [0.2, 0.25) is 0 Å². The Morgan fingerprint density at radius 3 is 1.62 bits per heavy atom. The second kappa shape index (κ2) is 12.6. The summed E-state index contributed by atoms with van der Waals surface area (Å²) in [6, 6.07) is 68.6. The van der Waals surface area contributed by atoms with Crippen molar-refractivity contribution in [3.05, 3.63) is 194 Å². The van der Waals surface area contributed by atoms with Crippen molar-refractivity contribution in [2.45, 2.75) is 0 Å². The Balaban J connectivity index is 1.21. The molecule has 0 atom stereocenters. The molecule has 0 radical (unpaired) electrons. The molecule has 4 heteroatoms. The van der Waals surface area contributed by atoms with Crippen LogP contribution in [0.5, 0.6) is 0 Å². The molecule has 256 valence electrons. The van der Waals surface area contributed by atoms with Crippen LogP contribution in [0.25, 0.3) is 105 Å². The Hall–Kier alpha value is -7.43. The number of hydrogen-bond donors (Lipinski definition) is 0. The van der Waals surface area contributed by atoms with Crippen molar-refractivity contribution in [3.63, 3.8) is 0 Å². The standard InChI is InChI=1S/C51H32N4/c1-2-14-33(15-3-1)34-26-28-36(29-27-34)49-52-50(43-22-10-13-25-47(43)55-45-23-11-8-20-40(45)41-21-9-12-24-46(41)55)54-51(53-49)48-39-19-7-5-17-37(39)32-44-38-18-6-4-16-35(38)30-31-42(44)48/h1-32H. The van der Waals surface area contributed by atoms with Crippen molar-refractivity contribution >= 4 is 54.1 Å². The van der Waals surface area contributed by atoms with Crippen molar-refractivity contribution < 1.29 is 0 Å². The molecule has 0 unspecified atom stereocenters. The Bertz CT molecular complexity index is 3200. The zero-order valence-corrected chi connectivity index (χ0v) is 29.8. The minimum absolute atomic E-state index is 0.617. The molecule has 0 amide bonds. The summed E-state index contributed by atoms with van der Waals surface area (Å²) in [5.74, 6) is 1.88. The maximum atomic E-state index is 5.44. The Morgan fingerprint density at radius 1 is 0.309 bits per heavy atom. The van der Waals surface area contributed by atoms with E-state index in [0.717, 1.165) is 55.1 Å². The highest BCUT2D eigenvalue weighted by Gasteiger charge is 2.21. The minimum Gasteiger partial charge on any atom is -0.309 e. The molecule has 0 bridgehead atoms. The molecule has 0 aliphatic rings. The van der Waals surface area contributed by atoms with Crippen LogP contribution in [0.3, 0.4) is 0 Å². The number of fused-ring (bicyclic) bond motifs is 7. The smallest absolute Gasteiger partial charge is 0.166 e. The summed E-state index contributed by atoms with van der Waals surface area (Å²) < 4.78 is 2.34. The van der Waals surface area contributed by atoms with Gasteiger partial charge in [-0.15, -0.1) is 0 Å². The summed E-state index contributed by atoms with van der Waals surface area (Å²) in [7, 11) is 0. The molecule has 2 heterocycles. The summed E-state index contributed by atoms with van der Waals surface area (Å²) in [5.41, 5.74) is 8.44. The first-order chi connectivity index (χ1) is 27.3. The lowest BCUT2D eigenvalue weighted by Crippen LogP contribution is -2.04. The van der Waals surface area contributed by atoms with E-state index in [4.69, 9.17) is 15.0 Å². The maximum Gasteiger partial charge on any atom is 0.166 e. The third-order valence-corrected chi connectivity index (χ3v) is 10.8. The van der Waals surface area contributed by atoms with Gasteiger partial charge >= 0.3 is 0 Å². The molecule has 0 aliphatic carbocycles. The minimum atomic E-state index is 0.617. The zero-order chi connectivity index (χ0) is 36.3. The van der Waals surface area contributed by atoms with E-state index < -0.39 is 0 Å². The first-order valence-electron chi connectivity index (χ1n) is 18.6. The van der Waals surface area contributed by atoms with Crippen LogP contribution >= 0.6 is 0 Å². The number of rotatable bonds is 5. The second-order valence-corrected chi connectivity index (χ2v) is 14.0. The van der Waals surface area contributed by atoms with Gasteiger partial charge in [0.25, 0.3) is 0 Å². The number of para-hydroxylation sites is 3. The molecule has 0 saturated heterocycles. The van der Waals surface area contributed by atoms with E-state index in [2.05, 4.69) is 193 Å². The van der Waals surface area contributed by atoms with Gasteiger partial charge in [-0.25, -0.2) is 15.0 Å². The van der Waals surface area contributed by atoms with Crippen LogP contribution in [0, 0.1) is 0 Å². The van der Waals surface area contributed by atoms with Crippen LogP contribution < -0.4 is 0 Å². The van der Waals surface area contributed by atoms with E-state index in [1.807, 2.05) is 6.07 Å². The van der Waals surface area contributed by atoms with Crippen molar-refractivity contribution in [1.29, 1.82) is 0 Å². The SMILES string of the molecule is c1ccc(-c2ccc(-c3nc(-c4ccccc4-n4c5ccccc5c5ccccc54)nc(-c4c5ccccc5cc5c4ccc4ccccc45)n3)cc2)cc1. The number of nitrogens with zero attached hydrogens (tertiary/aromatic N) is 4. The fourth-order valence-electron chi connectivity index (χ4n) is 8.28. The van der Waals surface area contributed by atoms with Gasteiger partial charge in [0.05, 0.1) is 16.7 Å². The largest absolute Gasteiger partial charge is 0.309 e. The molecule has 55 heavy (non-hydrogen) atoms. The van der Waals surface area contributed by atoms with E-state index in [1.165, 1.54) is 32.5 Å². The van der Waals surface area contributed by atoms with Gasteiger partial charge in [-0.1, -0.05) is 164 Å². The molecule has 2 aromatic heterocycles. The average molecular weight is 701 g/mol.